The van der Waals surface area contributed by atoms with Crippen LogP contribution in [0.15, 0.2) is 34.7 Å². The van der Waals surface area contributed by atoms with Gasteiger partial charge in [-0.15, -0.1) is 11.6 Å². The lowest BCUT2D eigenvalue weighted by atomic mass is 10.2. The standard InChI is InChI=1S/C15H18ClNO2/c16-9-5-1-2-6-10-17-15(18)14-11-12-7-3-4-8-13(12)19-14/h3-4,7-8,11H,1-2,5-6,9-10H2,(H,17,18). The van der Waals surface area contributed by atoms with E-state index in [1.807, 2.05) is 24.3 Å². The van der Waals surface area contributed by atoms with E-state index < -0.39 is 0 Å². The van der Waals surface area contributed by atoms with E-state index in [-0.39, 0.29) is 5.91 Å². The first-order valence-electron chi connectivity index (χ1n) is 6.64. The number of hydrogen-bond donors (Lipinski definition) is 1. The van der Waals surface area contributed by atoms with Crippen molar-refractivity contribution in [3.05, 3.63) is 36.1 Å². The second-order valence-electron chi connectivity index (χ2n) is 4.51. The van der Waals surface area contributed by atoms with Crippen LogP contribution in [0.25, 0.3) is 11.0 Å². The summed E-state index contributed by atoms with van der Waals surface area (Å²) >= 11 is 5.60. The van der Waals surface area contributed by atoms with Gasteiger partial charge in [-0.2, -0.15) is 0 Å². The molecule has 0 aliphatic carbocycles. The minimum atomic E-state index is -0.145. The molecule has 0 saturated heterocycles. The maximum atomic E-state index is 11.9. The van der Waals surface area contributed by atoms with E-state index >= 15 is 0 Å². The Morgan fingerprint density at radius 3 is 2.74 bits per heavy atom. The number of halogens is 1. The second-order valence-corrected chi connectivity index (χ2v) is 4.89. The number of para-hydroxylation sites is 1. The molecule has 0 aliphatic rings. The van der Waals surface area contributed by atoms with Crippen LogP contribution in [0.2, 0.25) is 0 Å². The number of nitrogens with one attached hydrogen (secondary N) is 1. The van der Waals surface area contributed by atoms with Crippen LogP contribution in [0.4, 0.5) is 0 Å². The average molecular weight is 280 g/mol. The van der Waals surface area contributed by atoms with Crippen molar-refractivity contribution in [2.75, 3.05) is 12.4 Å². The summed E-state index contributed by atoms with van der Waals surface area (Å²) in [6.45, 7) is 0.679. The SMILES string of the molecule is O=C(NCCCCCCCl)c1cc2ccccc2o1. The lowest BCUT2D eigenvalue weighted by Crippen LogP contribution is -2.23. The van der Waals surface area contributed by atoms with Crippen molar-refractivity contribution in [1.29, 1.82) is 0 Å². The molecule has 0 bridgehead atoms. The van der Waals surface area contributed by atoms with Crippen molar-refractivity contribution in [3.63, 3.8) is 0 Å². The summed E-state index contributed by atoms with van der Waals surface area (Å²) in [6, 6.07) is 9.39. The Morgan fingerprint density at radius 1 is 1.16 bits per heavy atom. The highest BCUT2D eigenvalue weighted by molar-refractivity contribution is 6.17. The molecule has 0 saturated carbocycles. The molecule has 0 unspecified atom stereocenters. The van der Waals surface area contributed by atoms with Gasteiger partial charge in [0.25, 0.3) is 5.91 Å². The molecule has 0 spiro atoms. The van der Waals surface area contributed by atoms with Gasteiger partial charge in [-0.25, -0.2) is 0 Å². The van der Waals surface area contributed by atoms with Crippen LogP contribution in [-0.2, 0) is 0 Å². The molecule has 4 heteroatoms. The van der Waals surface area contributed by atoms with Crippen LogP contribution in [0.1, 0.15) is 36.2 Å². The monoisotopic (exact) mass is 279 g/mol. The number of furan rings is 1. The van der Waals surface area contributed by atoms with Gasteiger partial charge < -0.3 is 9.73 Å². The average Bonchev–Trinajstić information content (AvgIpc) is 2.86. The molecule has 1 heterocycles. The van der Waals surface area contributed by atoms with Crippen LogP contribution in [-0.4, -0.2) is 18.3 Å². The lowest BCUT2D eigenvalue weighted by Gasteiger charge is -2.02. The largest absolute Gasteiger partial charge is 0.451 e. The Kier molecular flexibility index (Phi) is 5.28. The second kappa shape index (κ2) is 7.19. The van der Waals surface area contributed by atoms with Gasteiger partial charge in [0.2, 0.25) is 0 Å². The first-order chi connectivity index (χ1) is 9.31. The van der Waals surface area contributed by atoms with Gasteiger partial charge in [0.1, 0.15) is 5.58 Å². The summed E-state index contributed by atoms with van der Waals surface area (Å²) in [4.78, 5) is 11.9. The van der Waals surface area contributed by atoms with E-state index in [9.17, 15) is 4.79 Å². The summed E-state index contributed by atoms with van der Waals surface area (Å²) in [5.74, 6) is 0.946. The van der Waals surface area contributed by atoms with Crippen molar-refractivity contribution in [1.82, 2.24) is 5.32 Å². The Labute approximate surface area is 117 Å². The molecular formula is C15H18ClNO2. The zero-order chi connectivity index (χ0) is 13.5. The van der Waals surface area contributed by atoms with Crippen molar-refractivity contribution in [2.24, 2.45) is 0 Å². The highest BCUT2D eigenvalue weighted by Crippen LogP contribution is 2.18. The first-order valence-corrected chi connectivity index (χ1v) is 7.17. The Morgan fingerprint density at radius 2 is 1.95 bits per heavy atom. The summed E-state index contributed by atoms with van der Waals surface area (Å²) in [7, 11) is 0. The summed E-state index contributed by atoms with van der Waals surface area (Å²) in [5.41, 5.74) is 0.745. The van der Waals surface area contributed by atoms with Gasteiger partial charge in [-0.3, -0.25) is 4.79 Å². The topological polar surface area (TPSA) is 42.2 Å². The summed E-state index contributed by atoms with van der Waals surface area (Å²) in [5, 5.41) is 3.82. The van der Waals surface area contributed by atoms with E-state index in [1.54, 1.807) is 6.07 Å². The molecule has 19 heavy (non-hydrogen) atoms. The van der Waals surface area contributed by atoms with Gasteiger partial charge >= 0.3 is 0 Å². The molecule has 1 N–H and O–H groups in total. The number of unbranched alkanes of at least 4 members (excludes halogenated alkanes) is 3. The number of amides is 1. The third kappa shape index (κ3) is 4.00. The number of hydrogen-bond acceptors (Lipinski definition) is 2. The molecule has 0 radical (unpaired) electrons. The zero-order valence-electron chi connectivity index (χ0n) is 10.8. The molecule has 0 atom stereocenters. The first kappa shape index (κ1) is 13.9. The highest BCUT2D eigenvalue weighted by atomic mass is 35.5. The quantitative estimate of drug-likeness (QED) is 0.616. The third-order valence-corrected chi connectivity index (χ3v) is 3.26. The predicted octanol–water partition coefficient (Wildman–Crippen LogP) is 3.96. The molecule has 1 aromatic carbocycles. The number of carbonyl (C=O) groups excluding carboxylic acids is 1. The van der Waals surface area contributed by atoms with E-state index in [2.05, 4.69) is 5.32 Å². The third-order valence-electron chi connectivity index (χ3n) is 3.00. The van der Waals surface area contributed by atoms with Gasteiger partial charge in [0.15, 0.2) is 5.76 Å². The fourth-order valence-corrected chi connectivity index (χ4v) is 2.14. The van der Waals surface area contributed by atoms with E-state index in [0.29, 0.717) is 18.2 Å². The molecule has 1 amide bonds. The number of fused-ring (bicyclic) bond motifs is 1. The molecule has 0 aliphatic heterocycles. The number of carbonyl (C=O) groups is 1. The molecule has 2 rings (SSSR count). The van der Waals surface area contributed by atoms with Gasteiger partial charge in [-0.1, -0.05) is 31.0 Å². The van der Waals surface area contributed by atoms with Crippen molar-refractivity contribution in [2.45, 2.75) is 25.7 Å². The van der Waals surface area contributed by atoms with Gasteiger partial charge in [0, 0.05) is 17.8 Å². The lowest BCUT2D eigenvalue weighted by molar-refractivity contribution is 0.0927. The van der Waals surface area contributed by atoms with Crippen molar-refractivity contribution < 1.29 is 9.21 Å². The zero-order valence-corrected chi connectivity index (χ0v) is 11.6. The number of rotatable bonds is 7. The number of alkyl halides is 1. The highest BCUT2D eigenvalue weighted by Gasteiger charge is 2.10. The van der Waals surface area contributed by atoms with Crippen LogP contribution in [0.3, 0.4) is 0 Å². The summed E-state index contributed by atoms with van der Waals surface area (Å²) in [6.07, 6.45) is 4.22. The van der Waals surface area contributed by atoms with Crippen molar-refractivity contribution in [3.8, 4) is 0 Å². The van der Waals surface area contributed by atoms with Crippen LogP contribution < -0.4 is 5.32 Å². The normalized spacial score (nSPS) is 10.8. The molecule has 3 nitrogen and oxygen atoms in total. The molecule has 2 aromatic rings. The molecule has 1 aromatic heterocycles. The van der Waals surface area contributed by atoms with E-state index in [1.165, 1.54) is 0 Å². The Bertz CT molecular complexity index is 503. The fraction of sp³-hybridized carbons (Fsp3) is 0.400. The van der Waals surface area contributed by atoms with Crippen LogP contribution in [0.5, 0.6) is 0 Å². The Hall–Kier alpha value is -1.48. The minimum Gasteiger partial charge on any atom is -0.451 e. The number of benzene rings is 1. The van der Waals surface area contributed by atoms with E-state index in [4.69, 9.17) is 16.0 Å². The smallest absolute Gasteiger partial charge is 0.287 e. The molecule has 0 fully saturated rings. The Balaban J connectivity index is 1.79. The molecular weight excluding hydrogens is 262 g/mol. The van der Waals surface area contributed by atoms with Crippen molar-refractivity contribution >= 4 is 28.5 Å². The van der Waals surface area contributed by atoms with Gasteiger partial charge in [-0.05, 0) is 25.0 Å². The van der Waals surface area contributed by atoms with Crippen LogP contribution >= 0.6 is 11.6 Å². The van der Waals surface area contributed by atoms with Gasteiger partial charge in [0.05, 0.1) is 0 Å². The fourth-order valence-electron chi connectivity index (χ4n) is 1.96. The van der Waals surface area contributed by atoms with Crippen LogP contribution in [0, 0.1) is 0 Å². The maximum absolute atomic E-state index is 11.9. The minimum absolute atomic E-state index is 0.145. The summed E-state index contributed by atoms with van der Waals surface area (Å²) < 4.78 is 5.50. The molecule has 102 valence electrons. The maximum Gasteiger partial charge on any atom is 0.287 e. The predicted molar refractivity (Wildman–Crippen MR) is 77.7 cm³/mol. The van der Waals surface area contributed by atoms with E-state index in [0.717, 1.165) is 36.7 Å².